The van der Waals surface area contributed by atoms with Crippen molar-refractivity contribution in [2.45, 2.75) is 50.3 Å². The van der Waals surface area contributed by atoms with Crippen LogP contribution in [0.25, 0.3) is 21.5 Å². The summed E-state index contributed by atoms with van der Waals surface area (Å²) in [5.41, 5.74) is 0.695. The summed E-state index contributed by atoms with van der Waals surface area (Å²) in [5, 5.41) is 58.0. The van der Waals surface area contributed by atoms with Crippen LogP contribution in [-0.4, -0.2) is 105 Å². The summed E-state index contributed by atoms with van der Waals surface area (Å²) in [6.07, 6.45) is 0.837. The number of aromatic hydroxyl groups is 1. The van der Waals surface area contributed by atoms with Gasteiger partial charge in [0.1, 0.15) is 38.4 Å². The number of aryl methyl sites for hydroxylation is 2. The molecule has 0 aliphatic heterocycles. The molecule has 0 aliphatic carbocycles. The average molecular weight is 1240 g/mol. The SMILES string of the molecule is CCOc1cccc(N=C([O-])c2cc3ccccc3c(N=Nc3ccc(CC)c(Cl)c3S(=O)(=O)O)c2[O-])c1.CCOc1cccc(NC(=O)c2cc3ccccc3c(N=Nc3ccc(CC)c(Cl)c3S(=O)(=O)O)c2O)c1.[Ba+2]. The Morgan fingerprint density at radius 3 is 1.61 bits per heavy atom. The van der Waals surface area contributed by atoms with Crippen LogP contribution in [0.3, 0.4) is 0 Å². The van der Waals surface area contributed by atoms with Gasteiger partial charge in [0.2, 0.25) is 0 Å². The van der Waals surface area contributed by atoms with Gasteiger partial charge in [-0.1, -0.05) is 116 Å². The van der Waals surface area contributed by atoms with E-state index >= 15 is 0 Å². The number of azo groups is 2. The number of nitrogens with zero attached hydrogens (tertiary/aromatic N) is 5. The third-order valence-corrected chi connectivity index (χ3v) is 14.3. The first-order chi connectivity index (χ1) is 36.3. The molecule has 0 bridgehead atoms. The zero-order valence-electron chi connectivity index (χ0n) is 41.6. The first kappa shape index (κ1) is 59.8. The van der Waals surface area contributed by atoms with Crippen LogP contribution in [0.5, 0.6) is 23.0 Å². The molecular formula is C54H46BaCl2N6O12S2. The summed E-state index contributed by atoms with van der Waals surface area (Å²) >= 11 is 12.4. The summed E-state index contributed by atoms with van der Waals surface area (Å²) < 4.78 is 78.7. The van der Waals surface area contributed by atoms with Crippen LogP contribution >= 0.6 is 23.2 Å². The summed E-state index contributed by atoms with van der Waals surface area (Å²) in [6.45, 7) is 8.13. The van der Waals surface area contributed by atoms with Crippen LogP contribution in [0, 0.1) is 0 Å². The normalized spacial score (nSPS) is 11.9. The number of phenols is 1. The standard InChI is InChI=1S/2C27H24ClN3O6S.Ba/c2*1-3-16-12-13-22(26(23(16)28)38(34,35)36)30-31-24-20-11-6-5-8-17(20)14-21(25(24)32)27(33)29-18-9-7-10-19(15-18)37-4-2;/h2*5-15,32H,3-4H2,1-2H3,(H,29,33)(H,34,35,36);/q;;+2/p-2. The Morgan fingerprint density at radius 2 is 1.09 bits per heavy atom. The number of hydrogen-bond donors (Lipinski definition) is 4. The number of benzene rings is 8. The summed E-state index contributed by atoms with van der Waals surface area (Å²) in [6, 6.07) is 35.8. The molecule has 23 heteroatoms. The summed E-state index contributed by atoms with van der Waals surface area (Å²) in [5.74, 6) is -1.50. The fourth-order valence-electron chi connectivity index (χ4n) is 7.75. The van der Waals surface area contributed by atoms with E-state index in [2.05, 4.69) is 30.8 Å². The molecule has 0 saturated carbocycles. The zero-order chi connectivity index (χ0) is 54.9. The molecule has 18 nitrogen and oxygen atoms in total. The number of carbonyl (C=O) groups excluding carboxylic acids is 1. The minimum Gasteiger partial charge on any atom is -0.871 e. The second-order valence-electron chi connectivity index (χ2n) is 16.3. The van der Waals surface area contributed by atoms with Gasteiger partial charge in [-0.2, -0.15) is 21.9 Å². The van der Waals surface area contributed by atoms with Gasteiger partial charge in [-0.15, -0.1) is 15.3 Å². The van der Waals surface area contributed by atoms with E-state index in [1.54, 1.807) is 123 Å². The summed E-state index contributed by atoms with van der Waals surface area (Å²) in [4.78, 5) is 16.0. The minimum absolute atomic E-state index is 0. The first-order valence-corrected chi connectivity index (χ1v) is 26.8. The number of anilines is 1. The molecule has 0 aliphatic rings. The first-order valence-electron chi connectivity index (χ1n) is 23.2. The number of amides is 1. The molecule has 77 heavy (non-hydrogen) atoms. The Morgan fingerprint density at radius 1 is 0.610 bits per heavy atom. The molecule has 0 atom stereocenters. The number of halogens is 2. The third kappa shape index (κ3) is 14.2. The molecule has 8 aromatic carbocycles. The second-order valence-corrected chi connectivity index (χ2v) is 19.7. The van der Waals surface area contributed by atoms with Gasteiger partial charge in [0.05, 0.1) is 40.2 Å². The molecule has 0 radical (unpaired) electrons. The van der Waals surface area contributed by atoms with E-state index in [9.17, 15) is 46.1 Å². The van der Waals surface area contributed by atoms with E-state index in [0.717, 1.165) is 0 Å². The van der Waals surface area contributed by atoms with Gasteiger partial charge in [-0.25, -0.2) is 0 Å². The van der Waals surface area contributed by atoms with Crippen molar-refractivity contribution in [3.05, 3.63) is 166 Å². The van der Waals surface area contributed by atoms with Crippen molar-refractivity contribution in [3.8, 4) is 23.0 Å². The fourth-order valence-corrected chi connectivity index (χ4v) is 10.4. The average Bonchev–Trinajstić information content (AvgIpc) is 3.39. The van der Waals surface area contributed by atoms with Gasteiger partial charge in [-0.05, 0) is 109 Å². The maximum atomic E-state index is 13.4. The van der Waals surface area contributed by atoms with Gasteiger partial charge < -0.3 is 30.1 Å². The van der Waals surface area contributed by atoms with Crippen molar-refractivity contribution in [2.24, 2.45) is 25.4 Å². The summed E-state index contributed by atoms with van der Waals surface area (Å²) in [7, 11) is -9.50. The van der Waals surface area contributed by atoms with E-state index in [1.807, 2.05) is 13.8 Å². The number of rotatable bonds is 16. The molecule has 0 aromatic heterocycles. The number of phenolic OH excluding ortho intramolecular Hbond substituents is 1. The van der Waals surface area contributed by atoms with Crippen molar-refractivity contribution in [2.75, 3.05) is 18.5 Å². The molecule has 0 heterocycles. The van der Waals surface area contributed by atoms with Crippen LogP contribution in [0.1, 0.15) is 54.7 Å². The number of aliphatic imine (C=N–C) groups is 1. The molecule has 8 rings (SSSR count). The van der Waals surface area contributed by atoms with Crippen LogP contribution < -0.4 is 25.0 Å². The van der Waals surface area contributed by atoms with Crippen molar-refractivity contribution in [3.63, 3.8) is 0 Å². The maximum absolute atomic E-state index is 13.4. The van der Waals surface area contributed by atoms with Crippen molar-refractivity contribution < 1.29 is 55.5 Å². The monoisotopic (exact) mass is 1240 g/mol. The Labute approximate surface area is 493 Å². The Kier molecular flexibility index (Phi) is 20.4. The smallest absolute Gasteiger partial charge is 0.871 e. The van der Waals surface area contributed by atoms with Gasteiger partial charge in [0.25, 0.3) is 26.1 Å². The Hall–Kier alpha value is -6.41. The number of fused-ring (bicyclic) bond motifs is 2. The van der Waals surface area contributed by atoms with Crippen molar-refractivity contribution >= 4 is 160 Å². The van der Waals surface area contributed by atoms with E-state index < -0.39 is 53.3 Å². The zero-order valence-corrected chi connectivity index (χ0v) is 49.1. The number of hydrogen-bond acceptors (Lipinski definition) is 15. The van der Waals surface area contributed by atoms with E-state index in [4.69, 9.17) is 32.7 Å². The van der Waals surface area contributed by atoms with Gasteiger partial charge in [0, 0.05) is 28.6 Å². The Balaban J connectivity index is 0.000000246. The van der Waals surface area contributed by atoms with Gasteiger partial charge in [0.15, 0.2) is 5.75 Å². The van der Waals surface area contributed by atoms with Crippen LogP contribution in [0.2, 0.25) is 10.0 Å². The third-order valence-electron chi connectivity index (χ3n) is 11.3. The van der Waals surface area contributed by atoms with E-state index in [-0.39, 0.29) is 92.8 Å². The van der Waals surface area contributed by atoms with Crippen molar-refractivity contribution in [1.82, 2.24) is 0 Å². The molecular weight excluding hydrogens is 1200 g/mol. The van der Waals surface area contributed by atoms with Gasteiger partial charge >= 0.3 is 48.9 Å². The quantitative estimate of drug-likeness (QED) is 0.0231. The Bertz CT molecular complexity index is 3860. The van der Waals surface area contributed by atoms with Crippen LogP contribution in [0.4, 0.5) is 34.1 Å². The molecule has 4 N–H and O–H groups in total. The second kappa shape index (κ2) is 26.3. The minimum atomic E-state index is -4.76. The van der Waals surface area contributed by atoms with Crippen molar-refractivity contribution in [1.29, 1.82) is 0 Å². The molecule has 0 fully saturated rings. The number of nitrogens with one attached hydrogen (secondary N) is 1. The van der Waals surface area contributed by atoms with E-state index in [0.29, 0.717) is 81.6 Å². The predicted molar refractivity (Wildman–Crippen MR) is 294 cm³/mol. The number of carbonyl (C=O) groups is 1. The van der Waals surface area contributed by atoms with Crippen LogP contribution in [-0.2, 0) is 33.1 Å². The topological polar surface area (TPSA) is 284 Å². The fraction of sp³-hybridized carbons (Fsp3) is 0.148. The maximum Gasteiger partial charge on any atom is 2.00 e. The molecule has 0 saturated heterocycles. The van der Waals surface area contributed by atoms with Gasteiger partial charge in [-0.3, -0.25) is 18.9 Å². The molecule has 1 amide bonds. The largest absolute Gasteiger partial charge is 2.00 e. The molecule has 0 spiro atoms. The molecule has 0 unspecified atom stereocenters. The predicted octanol–water partition coefficient (Wildman–Crippen LogP) is 12.3. The molecule has 392 valence electrons. The number of ether oxygens (including phenoxy) is 2. The molecule has 8 aromatic rings. The van der Waals surface area contributed by atoms with E-state index in [1.165, 1.54) is 24.3 Å². The van der Waals surface area contributed by atoms with Crippen LogP contribution in [0.15, 0.2) is 169 Å².